The molecular weight excluding hydrogens is 224 g/mol. The zero-order valence-electron chi connectivity index (χ0n) is 10.6. The first-order chi connectivity index (χ1) is 7.65. The largest absolute Gasteiger partial charge is 0.409 e. The molecule has 0 fully saturated rings. The van der Waals surface area contributed by atoms with Gasteiger partial charge in [-0.2, -0.15) is 0 Å². The van der Waals surface area contributed by atoms with E-state index in [1.54, 1.807) is 6.92 Å². The summed E-state index contributed by atoms with van der Waals surface area (Å²) in [6.07, 6.45) is -0.246. The first-order valence-electron chi connectivity index (χ1n) is 5.23. The van der Waals surface area contributed by atoms with Crippen LogP contribution < -0.4 is 16.4 Å². The highest BCUT2D eigenvalue weighted by atomic mass is 16.4. The van der Waals surface area contributed by atoms with Crippen molar-refractivity contribution in [1.82, 2.24) is 10.6 Å². The minimum Gasteiger partial charge on any atom is -0.409 e. The van der Waals surface area contributed by atoms with E-state index < -0.39 is 11.9 Å². The number of hydrogen-bond acceptors (Lipinski definition) is 4. The lowest BCUT2D eigenvalue weighted by Gasteiger charge is -2.23. The van der Waals surface area contributed by atoms with Gasteiger partial charge in [0.15, 0.2) is 0 Å². The summed E-state index contributed by atoms with van der Waals surface area (Å²) in [5.41, 5.74) is 4.81. The molecule has 7 nitrogen and oxygen atoms in total. The minimum atomic E-state index is -0.673. The van der Waals surface area contributed by atoms with Crippen molar-refractivity contribution in [2.24, 2.45) is 10.9 Å². The third-order valence-corrected chi connectivity index (χ3v) is 1.74. The summed E-state index contributed by atoms with van der Waals surface area (Å²) in [6.45, 7) is 7.09. The molecule has 0 spiro atoms. The van der Waals surface area contributed by atoms with E-state index >= 15 is 0 Å². The zero-order valence-corrected chi connectivity index (χ0v) is 10.6. The Morgan fingerprint density at radius 1 is 1.41 bits per heavy atom. The molecule has 17 heavy (non-hydrogen) atoms. The molecule has 0 heterocycles. The number of nitrogens with two attached hydrogens (primary N) is 1. The molecule has 0 rings (SSSR count). The minimum absolute atomic E-state index is 0.203. The topological polar surface area (TPSA) is 117 Å². The van der Waals surface area contributed by atoms with Crippen LogP contribution in [0, 0.1) is 0 Å². The molecule has 0 aromatic rings. The highest BCUT2D eigenvalue weighted by molar-refractivity contribution is 6.00. The van der Waals surface area contributed by atoms with Crippen molar-refractivity contribution >= 4 is 17.6 Å². The highest BCUT2D eigenvalue weighted by Gasteiger charge is 2.20. The van der Waals surface area contributed by atoms with Crippen LogP contribution in [0.3, 0.4) is 0 Å². The van der Waals surface area contributed by atoms with Gasteiger partial charge in [-0.25, -0.2) is 0 Å². The van der Waals surface area contributed by atoms with Crippen molar-refractivity contribution < 1.29 is 14.8 Å². The Balaban J connectivity index is 4.22. The van der Waals surface area contributed by atoms with E-state index in [4.69, 9.17) is 10.9 Å². The molecule has 0 aliphatic rings. The number of nitrogens with one attached hydrogen (secondary N) is 2. The Morgan fingerprint density at radius 3 is 2.35 bits per heavy atom. The summed E-state index contributed by atoms with van der Waals surface area (Å²) >= 11 is 0. The van der Waals surface area contributed by atoms with Crippen molar-refractivity contribution in [1.29, 1.82) is 0 Å². The van der Waals surface area contributed by atoms with Crippen molar-refractivity contribution in [3.05, 3.63) is 0 Å². The van der Waals surface area contributed by atoms with E-state index in [0.717, 1.165) is 0 Å². The molecule has 2 amide bonds. The van der Waals surface area contributed by atoms with E-state index in [0.29, 0.717) is 0 Å². The molecule has 0 saturated carbocycles. The molecule has 0 aliphatic heterocycles. The van der Waals surface area contributed by atoms with Crippen LogP contribution in [0.1, 0.15) is 34.1 Å². The fourth-order valence-electron chi connectivity index (χ4n) is 1.04. The van der Waals surface area contributed by atoms with Gasteiger partial charge in [-0.15, -0.1) is 0 Å². The number of carbonyl (C=O) groups excluding carboxylic acids is 2. The van der Waals surface area contributed by atoms with Gasteiger partial charge in [-0.05, 0) is 27.7 Å². The van der Waals surface area contributed by atoms with Crippen LogP contribution in [0.25, 0.3) is 0 Å². The van der Waals surface area contributed by atoms with Crippen molar-refractivity contribution in [3.63, 3.8) is 0 Å². The lowest BCUT2D eigenvalue weighted by atomic mass is 10.1. The standard InChI is InChI=1S/C10H20N4O3/c1-6(9(16)13-10(2,3)4)12-8(15)5-7(11)14-17/h6,17H,5H2,1-4H3,(H2,11,14)(H,12,15)(H,13,16). The third kappa shape index (κ3) is 7.15. The highest BCUT2D eigenvalue weighted by Crippen LogP contribution is 1.99. The van der Waals surface area contributed by atoms with E-state index in [-0.39, 0.29) is 23.7 Å². The van der Waals surface area contributed by atoms with Crippen LogP contribution in [-0.4, -0.2) is 34.4 Å². The second-order valence-electron chi connectivity index (χ2n) is 4.80. The fraction of sp³-hybridized carbons (Fsp3) is 0.700. The lowest BCUT2D eigenvalue weighted by molar-refractivity contribution is -0.129. The van der Waals surface area contributed by atoms with Crippen LogP contribution in [0.4, 0.5) is 0 Å². The molecule has 0 radical (unpaired) electrons. The van der Waals surface area contributed by atoms with Crippen LogP contribution in [0.2, 0.25) is 0 Å². The van der Waals surface area contributed by atoms with Crippen molar-refractivity contribution in [3.8, 4) is 0 Å². The van der Waals surface area contributed by atoms with Crippen LogP contribution in [-0.2, 0) is 9.59 Å². The molecule has 0 aliphatic carbocycles. The summed E-state index contributed by atoms with van der Waals surface area (Å²) in [6, 6.07) is -0.673. The Kier molecular flexibility index (Phi) is 5.43. The van der Waals surface area contributed by atoms with Gasteiger partial charge in [0.2, 0.25) is 11.8 Å². The molecule has 0 aromatic carbocycles. The quantitative estimate of drug-likeness (QED) is 0.232. The van der Waals surface area contributed by atoms with Crippen LogP contribution >= 0.6 is 0 Å². The van der Waals surface area contributed by atoms with Gasteiger partial charge in [0.25, 0.3) is 0 Å². The SMILES string of the molecule is CC(NC(=O)CC(N)=NO)C(=O)NC(C)(C)C. The first kappa shape index (κ1) is 15.2. The summed E-state index contributed by atoms with van der Waals surface area (Å²) in [4.78, 5) is 22.9. The predicted octanol–water partition coefficient (Wildman–Crippen LogP) is -0.458. The van der Waals surface area contributed by atoms with E-state index in [1.807, 2.05) is 20.8 Å². The second-order valence-corrected chi connectivity index (χ2v) is 4.80. The van der Waals surface area contributed by atoms with Crippen molar-refractivity contribution in [2.75, 3.05) is 0 Å². The van der Waals surface area contributed by atoms with Crippen LogP contribution in [0.5, 0.6) is 0 Å². The molecule has 0 bridgehead atoms. The van der Waals surface area contributed by atoms with Gasteiger partial charge in [0, 0.05) is 5.54 Å². The molecule has 0 saturated heterocycles. The van der Waals surface area contributed by atoms with Crippen LogP contribution in [0.15, 0.2) is 5.16 Å². The molecular formula is C10H20N4O3. The normalized spacial score (nSPS) is 14.0. The van der Waals surface area contributed by atoms with Gasteiger partial charge in [-0.1, -0.05) is 5.16 Å². The molecule has 5 N–H and O–H groups in total. The Morgan fingerprint density at radius 2 is 1.94 bits per heavy atom. The Hall–Kier alpha value is -1.79. The number of hydrogen-bond donors (Lipinski definition) is 4. The van der Waals surface area contributed by atoms with E-state index in [2.05, 4.69) is 15.8 Å². The van der Waals surface area contributed by atoms with Gasteiger partial charge in [0.1, 0.15) is 11.9 Å². The zero-order chi connectivity index (χ0) is 13.6. The number of amides is 2. The molecule has 1 unspecified atom stereocenters. The van der Waals surface area contributed by atoms with E-state index in [1.165, 1.54) is 0 Å². The maximum atomic E-state index is 11.6. The van der Waals surface area contributed by atoms with Gasteiger partial charge < -0.3 is 21.6 Å². The predicted molar refractivity (Wildman–Crippen MR) is 63.5 cm³/mol. The molecule has 98 valence electrons. The number of nitrogens with zero attached hydrogens (tertiary/aromatic N) is 1. The number of rotatable bonds is 4. The summed E-state index contributed by atoms with van der Waals surface area (Å²) in [7, 11) is 0. The maximum Gasteiger partial charge on any atom is 0.242 e. The summed E-state index contributed by atoms with van der Waals surface area (Å²) < 4.78 is 0. The average Bonchev–Trinajstić information content (AvgIpc) is 2.14. The Bertz CT molecular complexity index is 320. The summed E-state index contributed by atoms with van der Waals surface area (Å²) in [5.74, 6) is -0.965. The Labute approximate surface area is 100 Å². The molecule has 1 atom stereocenters. The third-order valence-electron chi connectivity index (χ3n) is 1.74. The van der Waals surface area contributed by atoms with Gasteiger partial charge in [-0.3, -0.25) is 9.59 Å². The number of carbonyl (C=O) groups is 2. The van der Waals surface area contributed by atoms with E-state index in [9.17, 15) is 9.59 Å². The van der Waals surface area contributed by atoms with Crippen molar-refractivity contribution in [2.45, 2.75) is 45.7 Å². The monoisotopic (exact) mass is 244 g/mol. The molecule has 7 heteroatoms. The van der Waals surface area contributed by atoms with Gasteiger partial charge in [0.05, 0.1) is 6.42 Å². The maximum absolute atomic E-state index is 11.6. The lowest BCUT2D eigenvalue weighted by Crippen LogP contribution is -2.51. The fourth-order valence-corrected chi connectivity index (χ4v) is 1.04. The second kappa shape index (κ2) is 6.07. The average molecular weight is 244 g/mol. The molecule has 0 aromatic heterocycles. The smallest absolute Gasteiger partial charge is 0.242 e. The van der Waals surface area contributed by atoms with Gasteiger partial charge >= 0.3 is 0 Å². The number of amidine groups is 1. The first-order valence-corrected chi connectivity index (χ1v) is 5.23. The summed E-state index contributed by atoms with van der Waals surface area (Å²) in [5, 5.41) is 16.1. The number of oxime groups is 1.